The highest BCUT2D eigenvalue weighted by molar-refractivity contribution is 4.93. The Balaban J connectivity index is 2.63. The van der Waals surface area contributed by atoms with Crippen LogP contribution in [0.2, 0.25) is 0 Å². The van der Waals surface area contributed by atoms with Crippen LogP contribution in [0.1, 0.15) is 39.7 Å². The van der Waals surface area contributed by atoms with E-state index < -0.39 is 0 Å². The van der Waals surface area contributed by atoms with Gasteiger partial charge in [0.25, 0.3) is 0 Å². The predicted molar refractivity (Wildman–Crippen MR) is 53.2 cm³/mol. The summed E-state index contributed by atoms with van der Waals surface area (Å²) in [7, 11) is 0. The van der Waals surface area contributed by atoms with Crippen molar-refractivity contribution in [3.8, 4) is 0 Å². The molecule has 1 rings (SSSR count). The summed E-state index contributed by atoms with van der Waals surface area (Å²) < 4.78 is 2.30. The molecule has 0 N–H and O–H groups in total. The molecule has 1 heterocycles. The fraction of sp³-hybridized carbons (Fsp3) is 0.636. The molecule has 0 aliphatic heterocycles. The van der Waals surface area contributed by atoms with Crippen molar-refractivity contribution in [1.29, 1.82) is 0 Å². The van der Waals surface area contributed by atoms with Crippen LogP contribution < -0.4 is 0 Å². The first kappa shape index (κ1) is 9.37. The maximum atomic E-state index is 2.30. The van der Waals surface area contributed by atoms with E-state index in [1.807, 2.05) is 0 Å². The lowest BCUT2D eigenvalue weighted by molar-refractivity contribution is 0.334. The second kappa shape index (κ2) is 4.34. The maximum absolute atomic E-state index is 2.30. The van der Waals surface area contributed by atoms with Gasteiger partial charge in [0.2, 0.25) is 0 Å². The summed E-state index contributed by atoms with van der Waals surface area (Å²) in [4.78, 5) is 0. The fourth-order valence-electron chi connectivity index (χ4n) is 1.83. The molecule has 12 heavy (non-hydrogen) atoms. The zero-order valence-corrected chi connectivity index (χ0v) is 8.33. The molecule has 0 saturated carbocycles. The van der Waals surface area contributed by atoms with Gasteiger partial charge in [0, 0.05) is 18.4 Å². The summed E-state index contributed by atoms with van der Waals surface area (Å²) in [5.41, 5.74) is 0. The molecule has 0 bridgehead atoms. The van der Waals surface area contributed by atoms with Gasteiger partial charge in [0.05, 0.1) is 0 Å². The van der Waals surface area contributed by atoms with E-state index in [0.717, 1.165) is 5.92 Å². The van der Waals surface area contributed by atoms with Gasteiger partial charge in [-0.25, -0.2) is 0 Å². The van der Waals surface area contributed by atoms with Crippen LogP contribution in [0.5, 0.6) is 0 Å². The monoisotopic (exact) mass is 165 g/mol. The van der Waals surface area contributed by atoms with Gasteiger partial charge in [-0.2, -0.15) is 0 Å². The second-order valence-corrected chi connectivity index (χ2v) is 3.45. The standard InChI is InChI=1S/C11H19N/c1-4-11(5-2)10(3)12-8-6-7-9-12/h6-11H,4-5H2,1-3H3. The van der Waals surface area contributed by atoms with E-state index in [0.29, 0.717) is 6.04 Å². The van der Waals surface area contributed by atoms with Gasteiger partial charge >= 0.3 is 0 Å². The molecule has 1 atom stereocenters. The third kappa shape index (κ3) is 1.90. The Bertz CT molecular complexity index is 197. The third-order valence-electron chi connectivity index (χ3n) is 2.83. The number of hydrogen-bond acceptors (Lipinski definition) is 0. The lowest BCUT2D eigenvalue weighted by Crippen LogP contribution is -2.13. The smallest absolute Gasteiger partial charge is 0.0330 e. The van der Waals surface area contributed by atoms with Gasteiger partial charge in [-0.15, -0.1) is 0 Å². The van der Waals surface area contributed by atoms with Gasteiger partial charge in [-0.05, 0) is 25.0 Å². The van der Waals surface area contributed by atoms with Crippen LogP contribution in [0.3, 0.4) is 0 Å². The molecule has 1 aromatic rings. The van der Waals surface area contributed by atoms with Crippen molar-refractivity contribution in [3.63, 3.8) is 0 Å². The highest BCUT2D eigenvalue weighted by atomic mass is 15.0. The van der Waals surface area contributed by atoms with Gasteiger partial charge < -0.3 is 4.57 Å². The predicted octanol–water partition coefficient (Wildman–Crippen LogP) is 3.49. The molecule has 0 spiro atoms. The fourth-order valence-corrected chi connectivity index (χ4v) is 1.83. The average Bonchev–Trinajstić information content (AvgIpc) is 2.58. The zero-order chi connectivity index (χ0) is 8.97. The van der Waals surface area contributed by atoms with E-state index >= 15 is 0 Å². The topological polar surface area (TPSA) is 4.93 Å². The summed E-state index contributed by atoms with van der Waals surface area (Å²) in [5, 5.41) is 0. The van der Waals surface area contributed by atoms with E-state index in [9.17, 15) is 0 Å². The molecule has 0 aliphatic carbocycles. The first-order chi connectivity index (χ1) is 5.79. The van der Waals surface area contributed by atoms with Crippen LogP contribution in [0.4, 0.5) is 0 Å². The Morgan fingerprint density at radius 2 is 1.58 bits per heavy atom. The van der Waals surface area contributed by atoms with E-state index in [1.54, 1.807) is 0 Å². The van der Waals surface area contributed by atoms with Crippen LogP contribution in [0.15, 0.2) is 24.5 Å². The van der Waals surface area contributed by atoms with Crippen molar-refractivity contribution in [3.05, 3.63) is 24.5 Å². The maximum Gasteiger partial charge on any atom is 0.0330 e. The van der Waals surface area contributed by atoms with Crippen molar-refractivity contribution >= 4 is 0 Å². The molecule has 0 fully saturated rings. The Hall–Kier alpha value is -0.720. The second-order valence-electron chi connectivity index (χ2n) is 3.45. The van der Waals surface area contributed by atoms with Crippen LogP contribution in [0.25, 0.3) is 0 Å². The number of rotatable bonds is 4. The van der Waals surface area contributed by atoms with Crippen LogP contribution >= 0.6 is 0 Å². The van der Waals surface area contributed by atoms with Gasteiger partial charge in [-0.1, -0.05) is 26.7 Å². The van der Waals surface area contributed by atoms with Gasteiger partial charge in [-0.3, -0.25) is 0 Å². The van der Waals surface area contributed by atoms with Crippen molar-refractivity contribution in [2.45, 2.75) is 39.7 Å². The Morgan fingerprint density at radius 3 is 2.00 bits per heavy atom. The summed E-state index contributed by atoms with van der Waals surface area (Å²) in [5.74, 6) is 0.817. The number of aromatic nitrogens is 1. The minimum Gasteiger partial charge on any atom is -0.351 e. The Labute approximate surface area is 75.4 Å². The lowest BCUT2D eigenvalue weighted by Gasteiger charge is -2.22. The summed E-state index contributed by atoms with van der Waals surface area (Å²) in [6.45, 7) is 6.85. The summed E-state index contributed by atoms with van der Waals surface area (Å²) >= 11 is 0. The molecule has 0 radical (unpaired) electrons. The van der Waals surface area contributed by atoms with Crippen molar-refractivity contribution in [2.75, 3.05) is 0 Å². The van der Waals surface area contributed by atoms with E-state index in [1.165, 1.54) is 12.8 Å². The lowest BCUT2D eigenvalue weighted by atomic mass is 9.95. The van der Waals surface area contributed by atoms with Gasteiger partial charge in [0.1, 0.15) is 0 Å². The Morgan fingerprint density at radius 1 is 1.08 bits per heavy atom. The first-order valence-corrected chi connectivity index (χ1v) is 4.92. The molecular formula is C11H19N. The van der Waals surface area contributed by atoms with Crippen LogP contribution in [-0.2, 0) is 0 Å². The largest absolute Gasteiger partial charge is 0.351 e. The van der Waals surface area contributed by atoms with Gasteiger partial charge in [0.15, 0.2) is 0 Å². The minimum absolute atomic E-state index is 0.648. The number of nitrogens with zero attached hydrogens (tertiary/aromatic N) is 1. The molecular weight excluding hydrogens is 146 g/mol. The zero-order valence-electron chi connectivity index (χ0n) is 8.33. The highest BCUT2D eigenvalue weighted by Gasteiger charge is 2.13. The molecule has 0 aromatic carbocycles. The van der Waals surface area contributed by atoms with Crippen LogP contribution in [0, 0.1) is 5.92 Å². The quantitative estimate of drug-likeness (QED) is 0.643. The molecule has 1 heteroatoms. The summed E-state index contributed by atoms with van der Waals surface area (Å²) in [6.07, 6.45) is 6.86. The SMILES string of the molecule is CCC(CC)C(C)n1cccc1. The normalized spacial score (nSPS) is 13.7. The van der Waals surface area contributed by atoms with E-state index in [4.69, 9.17) is 0 Å². The first-order valence-electron chi connectivity index (χ1n) is 4.92. The molecule has 0 aliphatic rings. The van der Waals surface area contributed by atoms with Crippen molar-refractivity contribution < 1.29 is 0 Å². The molecule has 0 saturated heterocycles. The third-order valence-corrected chi connectivity index (χ3v) is 2.83. The highest BCUT2D eigenvalue weighted by Crippen LogP contribution is 2.23. The average molecular weight is 165 g/mol. The molecule has 1 nitrogen and oxygen atoms in total. The van der Waals surface area contributed by atoms with E-state index in [2.05, 4.69) is 49.9 Å². The van der Waals surface area contributed by atoms with Crippen molar-refractivity contribution in [1.82, 2.24) is 4.57 Å². The molecule has 68 valence electrons. The van der Waals surface area contributed by atoms with Crippen molar-refractivity contribution in [2.24, 2.45) is 5.92 Å². The minimum atomic E-state index is 0.648. The molecule has 0 amide bonds. The van der Waals surface area contributed by atoms with E-state index in [-0.39, 0.29) is 0 Å². The van der Waals surface area contributed by atoms with Crippen LogP contribution in [-0.4, -0.2) is 4.57 Å². The summed E-state index contributed by atoms with van der Waals surface area (Å²) in [6, 6.07) is 4.84. The Kier molecular flexibility index (Phi) is 3.39. The number of hydrogen-bond donors (Lipinski definition) is 0. The molecule has 1 aromatic heterocycles. The molecule has 1 unspecified atom stereocenters.